The molecule has 23 heavy (non-hydrogen) atoms. The molecule has 1 amide bonds. The van der Waals surface area contributed by atoms with E-state index in [1.54, 1.807) is 22.0 Å². The summed E-state index contributed by atoms with van der Waals surface area (Å²) in [7, 11) is 1.82. The molecular formula is C16H24ClN5O. The summed E-state index contributed by atoms with van der Waals surface area (Å²) in [5.41, 5.74) is 3.19. The van der Waals surface area contributed by atoms with Crippen molar-refractivity contribution in [3.8, 4) is 0 Å². The van der Waals surface area contributed by atoms with Crippen LogP contribution < -0.4 is 0 Å². The normalized spacial score (nSPS) is 12.4. The van der Waals surface area contributed by atoms with Crippen LogP contribution in [-0.4, -0.2) is 37.4 Å². The van der Waals surface area contributed by atoms with Gasteiger partial charge in [0.15, 0.2) is 0 Å². The lowest BCUT2D eigenvalue weighted by Gasteiger charge is -2.23. The molecule has 126 valence electrons. The summed E-state index contributed by atoms with van der Waals surface area (Å²) in [5, 5.41) is 9.22. The van der Waals surface area contributed by atoms with Crippen molar-refractivity contribution in [3.63, 3.8) is 0 Å². The maximum atomic E-state index is 12.8. The van der Waals surface area contributed by atoms with E-state index in [2.05, 4.69) is 17.1 Å². The Balaban J connectivity index is 2.18. The molecule has 0 spiro atoms. The van der Waals surface area contributed by atoms with Gasteiger partial charge >= 0.3 is 0 Å². The number of likely N-dealkylation sites (N-methyl/N-ethyl adjacent to an activating group) is 1. The van der Waals surface area contributed by atoms with Crippen molar-refractivity contribution in [2.75, 3.05) is 7.05 Å². The molecule has 2 rings (SSSR count). The lowest BCUT2D eigenvalue weighted by Crippen LogP contribution is -2.34. The Morgan fingerprint density at radius 1 is 1.39 bits per heavy atom. The third kappa shape index (κ3) is 3.58. The summed E-state index contributed by atoms with van der Waals surface area (Å²) in [6.45, 7) is 9.43. The van der Waals surface area contributed by atoms with E-state index in [0.29, 0.717) is 18.0 Å². The fourth-order valence-electron chi connectivity index (χ4n) is 2.80. The van der Waals surface area contributed by atoms with E-state index in [4.69, 9.17) is 11.6 Å². The highest BCUT2D eigenvalue weighted by atomic mass is 35.5. The molecule has 1 atom stereocenters. The molecule has 1 unspecified atom stereocenters. The quantitative estimate of drug-likeness (QED) is 0.814. The third-order valence-electron chi connectivity index (χ3n) is 4.16. The summed E-state index contributed by atoms with van der Waals surface area (Å²) in [6, 6.07) is -0.339. The van der Waals surface area contributed by atoms with Crippen molar-refractivity contribution in [1.29, 1.82) is 0 Å². The number of aromatic nitrogens is 4. The summed E-state index contributed by atoms with van der Waals surface area (Å²) < 4.78 is 3.60. The zero-order valence-corrected chi connectivity index (χ0v) is 15.1. The predicted molar refractivity (Wildman–Crippen MR) is 90.4 cm³/mol. The number of hydrogen-bond acceptors (Lipinski definition) is 3. The van der Waals surface area contributed by atoms with Gasteiger partial charge in [-0.3, -0.25) is 14.2 Å². The van der Waals surface area contributed by atoms with E-state index in [1.807, 2.05) is 32.5 Å². The van der Waals surface area contributed by atoms with E-state index in [-0.39, 0.29) is 11.9 Å². The number of amides is 1. The summed E-state index contributed by atoms with van der Waals surface area (Å²) in [4.78, 5) is 14.5. The van der Waals surface area contributed by atoms with Crippen LogP contribution in [0.1, 0.15) is 43.3 Å². The molecule has 0 aromatic carbocycles. The molecule has 2 aromatic heterocycles. The van der Waals surface area contributed by atoms with Gasteiger partial charge in [0.2, 0.25) is 5.91 Å². The van der Waals surface area contributed by atoms with Gasteiger partial charge in [-0.15, -0.1) is 0 Å². The average Bonchev–Trinajstić information content (AvgIpc) is 3.06. The highest BCUT2D eigenvalue weighted by Crippen LogP contribution is 2.20. The van der Waals surface area contributed by atoms with Crippen molar-refractivity contribution >= 4 is 17.5 Å². The monoisotopic (exact) mass is 337 g/mol. The van der Waals surface area contributed by atoms with Crippen molar-refractivity contribution in [2.45, 2.75) is 53.2 Å². The van der Waals surface area contributed by atoms with Crippen molar-refractivity contribution < 1.29 is 4.79 Å². The van der Waals surface area contributed by atoms with Gasteiger partial charge in [0.25, 0.3) is 0 Å². The van der Waals surface area contributed by atoms with Gasteiger partial charge in [0, 0.05) is 37.6 Å². The number of rotatable bonds is 6. The molecule has 0 aliphatic rings. The van der Waals surface area contributed by atoms with Gasteiger partial charge in [-0.05, 0) is 27.2 Å². The fraction of sp³-hybridized carbons (Fsp3) is 0.562. The standard InChI is InChI=1S/C16H24ClN5O/c1-6-15(22-9-13(17)8-18-22)16(23)20(5)10-14-11(3)19-21(7-2)12(14)4/h8-9,15H,6-7,10H2,1-5H3. The molecule has 0 N–H and O–H groups in total. The minimum atomic E-state index is -0.339. The molecule has 0 fully saturated rings. The zero-order chi connectivity index (χ0) is 17.1. The smallest absolute Gasteiger partial charge is 0.247 e. The van der Waals surface area contributed by atoms with Gasteiger partial charge in [0.05, 0.1) is 16.9 Å². The van der Waals surface area contributed by atoms with Crippen LogP contribution in [0.25, 0.3) is 0 Å². The lowest BCUT2D eigenvalue weighted by molar-refractivity contribution is -0.134. The SMILES string of the molecule is CCC(C(=O)N(C)Cc1c(C)nn(CC)c1C)n1cc(Cl)cn1. The largest absolute Gasteiger partial charge is 0.339 e. The third-order valence-corrected chi connectivity index (χ3v) is 4.36. The molecule has 7 heteroatoms. The van der Waals surface area contributed by atoms with E-state index < -0.39 is 0 Å². The minimum Gasteiger partial charge on any atom is -0.339 e. The Kier molecular flexibility index (Phi) is 5.46. The van der Waals surface area contributed by atoms with Crippen LogP contribution in [-0.2, 0) is 17.9 Å². The van der Waals surface area contributed by atoms with Crippen LogP contribution in [0.5, 0.6) is 0 Å². The molecule has 0 saturated carbocycles. The zero-order valence-electron chi connectivity index (χ0n) is 14.4. The van der Waals surface area contributed by atoms with E-state index in [9.17, 15) is 4.79 Å². The van der Waals surface area contributed by atoms with Crippen LogP contribution in [0.3, 0.4) is 0 Å². The molecule has 0 aliphatic carbocycles. The highest BCUT2D eigenvalue weighted by molar-refractivity contribution is 6.30. The maximum Gasteiger partial charge on any atom is 0.247 e. The topological polar surface area (TPSA) is 56.0 Å². The molecule has 0 bridgehead atoms. The Bertz CT molecular complexity index is 691. The first kappa shape index (κ1) is 17.5. The molecular weight excluding hydrogens is 314 g/mol. The first-order valence-electron chi connectivity index (χ1n) is 7.86. The summed E-state index contributed by atoms with van der Waals surface area (Å²) in [5.74, 6) is 0.0234. The second-order valence-electron chi connectivity index (χ2n) is 5.72. The summed E-state index contributed by atoms with van der Waals surface area (Å²) >= 11 is 5.92. The predicted octanol–water partition coefficient (Wildman–Crippen LogP) is 2.98. The number of carbonyl (C=O) groups excluding carboxylic acids is 1. The molecule has 2 heterocycles. The number of aryl methyl sites for hydroxylation is 2. The second kappa shape index (κ2) is 7.17. The van der Waals surface area contributed by atoms with Crippen molar-refractivity contribution in [2.24, 2.45) is 0 Å². The van der Waals surface area contributed by atoms with Gasteiger partial charge < -0.3 is 4.90 Å². The van der Waals surface area contributed by atoms with Crippen molar-refractivity contribution in [3.05, 3.63) is 34.4 Å². The Labute approximate surface area is 142 Å². The van der Waals surface area contributed by atoms with Gasteiger partial charge in [0.1, 0.15) is 6.04 Å². The molecule has 0 saturated heterocycles. The minimum absolute atomic E-state index is 0.0234. The lowest BCUT2D eigenvalue weighted by atomic mass is 10.1. The van der Waals surface area contributed by atoms with Crippen LogP contribution in [0.15, 0.2) is 12.4 Å². The summed E-state index contributed by atoms with van der Waals surface area (Å²) in [6.07, 6.45) is 3.90. The molecule has 6 nitrogen and oxygen atoms in total. The first-order chi connectivity index (χ1) is 10.9. The van der Waals surface area contributed by atoms with Crippen LogP contribution in [0.4, 0.5) is 0 Å². The maximum absolute atomic E-state index is 12.8. The first-order valence-corrected chi connectivity index (χ1v) is 8.24. The van der Waals surface area contributed by atoms with Crippen LogP contribution in [0.2, 0.25) is 5.02 Å². The number of hydrogen-bond donors (Lipinski definition) is 0. The molecule has 2 aromatic rings. The number of halogens is 1. The molecule has 0 aliphatic heterocycles. The Morgan fingerprint density at radius 3 is 2.57 bits per heavy atom. The van der Waals surface area contributed by atoms with Crippen molar-refractivity contribution in [1.82, 2.24) is 24.5 Å². The van der Waals surface area contributed by atoms with E-state index in [1.165, 1.54) is 0 Å². The highest BCUT2D eigenvalue weighted by Gasteiger charge is 2.24. The second-order valence-corrected chi connectivity index (χ2v) is 6.16. The molecule has 0 radical (unpaired) electrons. The Morgan fingerprint density at radius 2 is 2.09 bits per heavy atom. The van der Waals surface area contributed by atoms with Gasteiger partial charge in [-0.1, -0.05) is 18.5 Å². The van der Waals surface area contributed by atoms with Crippen LogP contribution >= 0.6 is 11.6 Å². The Hall–Kier alpha value is -1.82. The van der Waals surface area contributed by atoms with E-state index in [0.717, 1.165) is 23.5 Å². The van der Waals surface area contributed by atoms with Crippen LogP contribution in [0, 0.1) is 13.8 Å². The number of carbonyl (C=O) groups is 1. The number of nitrogens with zero attached hydrogens (tertiary/aromatic N) is 5. The van der Waals surface area contributed by atoms with Gasteiger partial charge in [-0.25, -0.2) is 0 Å². The average molecular weight is 338 g/mol. The fourth-order valence-corrected chi connectivity index (χ4v) is 2.94. The van der Waals surface area contributed by atoms with Gasteiger partial charge in [-0.2, -0.15) is 10.2 Å². The van der Waals surface area contributed by atoms with E-state index >= 15 is 0 Å².